The van der Waals surface area contributed by atoms with E-state index in [0.717, 1.165) is 17.2 Å². The number of halogens is 2. The number of amides is 1. The van der Waals surface area contributed by atoms with Crippen LogP contribution in [0.15, 0.2) is 35.1 Å². The number of carbonyl (C=O) groups excluding carboxylic acids is 2. The first-order chi connectivity index (χ1) is 10.5. The minimum absolute atomic E-state index is 0.0668. The fourth-order valence-electron chi connectivity index (χ4n) is 1.71. The molecule has 0 fully saturated rings. The van der Waals surface area contributed by atoms with Crippen LogP contribution in [0.5, 0.6) is 0 Å². The quantitative estimate of drug-likeness (QED) is 0.790. The third kappa shape index (κ3) is 3.62. The van der Waals surface area contributed by atoms with Crippen molar-refractivity contribution in [3.63, 3.8) is 0 Å². The van der Waals surface area contributed by atoms with Crippen molar-refractivity contribution >= 4 is 29.3 Å². The fraction of sp³-hybridized carbons (Fsp3) is 0.214. The highest BCUT2D eigenvalue weighted by molar-refractivity contribution is 6.33. The van der Waals surface area contributed by atoms with Crippen molar-refractivity contribution in [1.82, 2.24) is 4.98 Å². The van der Waals surface area contributed by atoms with E-state index >= 15 is 0 Å². The van der Waals surface area contributed by atoms with Gasteiger partial charge in [-0.3, -0.25) is 14.5 Å². The second kappa shape index (κ2) is 7.04. The Morgan fingerprint density at radius 3 is 2.73 bits per heavy atom. The van der Waals surface area contributed by atoms with E-state index in [0.29, 0.717) is 0 Å². The van der Waals surface area contributed by atoms with Crippen molar-refractivity contribution in [2.75, 3.05) is 18.1 Å². The highest BCUT2D eigenvalue weighted by atomic mass is 35.5. The molecule has 0 aliphatic rings. The highest BCUT2D eigenvalue weighted by Gasteiger charge is 2.25. The number of hydrogen-bond donors (Lipinski definition) is 0. The molecule has 22 heavy (non-hydrogen) atoms. The molecule has 0 bridgehead atoms. The molecule has 0 aliphatic carbocycles. The number of anilines is 1. The van der Waals surface area contributed by atoms with E-state index in [1.54, 1.807) is 6.92 Å². The summed E-state index contributed by atoms with van der Waals surface area (Å²) in [5.74, 6) is -1.70. The molecule has 2 rings (SSSR count). The molecule has 0 radical (unpaired) electrons. The molecule has 0 aliphatic heterocycles. The molecule has 2 aromatic rings. The van der Waals surface area contributed by atoms with Gasteiger partial charge < -0.3 is 9.15 Å². The Morgan fingerprint density at radius 1 is 1.41 bits per heavy atom. The topological polar surface area (TPSA) is 72.6 Å². The first kappa shape index (κ1) is 16.0. The Labute approximate surface area is 130 Å². The van der Waals surface area contributed by atoms with Gasteiger partial charge in [0.15, 0.2) is 0 Å². The standard InChI is InChI=1S/C14H12ClFN2O4/c1-2-21-12(19)8-18(11-4-3-9(16)7-17-11)14(20)10-5-6-22-13(10)15/h3-7H,2,8H2,1H3. The minimum atomic E-state index is -0.624. The zero-order chi connectivity index (χ0) is 16.1. The van der Waals surface area contributed by atoms with Crippen LogP contribution in [0.3, 0.4) is 0 Å². The van der Waals surface area contributed by atoms with Crippen LogP contribution in [0, 0.1) is 5.82 Å². The van der Waals surface area contributed by atoms with E-state index in [1.165, 1.54) is 18.4 Å². The SMILES string of the molecule is CCOC(=O)CN(C(=O)c1ccoc1Cl)c1ccc(F)cn1. The number of hydrogen-bond acceptors (Lipinski definition) is 5. The molecule has 116 valence electrons. The summed E-state index contributed by atoms with van der Waals surface area (Å²) in [6, 6.07) is 3.78. The van der Waals surface area contributed by atoms with Gasteiger partial charge in [-0.2, -0.15) is 0 Å². The Morgan fingerprint density at radius 2 is 2.18 bits per heavy atom. The van der Waals surface area contributed by atoms with Gasteiger partial charge in [-0.15, -0.1) is 0 Å². The monoisotopic (exact) mass is 326 g/mol. The van der Waals surface area contributed by atoms with Crippen LogP contribution >= 0.6 is 11.6 Å². The number of aromatic nitrogens is 1. The van der Waals surface area contributed by atoms with Crippen LogP contribution < -0.4 is 4.90 Å². The summed E-state index contributed by atoms with van der Waals surface area (Å²) in [4.78, 5) is 29.0. The smallest absolute Gasteiger partial charge is 0.326 e. The maximum absolute atomic E-state index is 13.0. The van der Waals surface area contributed by atoms with Crippen molar-refractivity contribution in [3.05, 3.63) is 47.3 Å². The number of pyridine rings is 1. The Kier molecular flexibility index (Phi) is 5.11. The first-order valence-electron chi connectivity index (χ1n) is 6.35. The van der Waals surface area contributed by atoms with E-state index in [2.05, 4.69) is 4.98 Å². The molecule has 0 unspecified atom stereocenters. The number of rotatable bonds is 5. The van der Waals surface area contributed by atoms with E-state index in [9.17, 15) is 14.0 Å². The van der Waals surface area contributed by atoms with Crippen LogP contribution in [-0.2, 0) is 9.53 Å². The summed E-state index contributed by atoms with van der Waals surface area (Å²) in [7, 11) is 0. The molecule has 0 aromatic carbocycles. The Bertz CT molecular complexity index is 672. The van der Waals surface area contributed by atoms with Crippen molar-refractivity contribution < 1.29 is 23.1 Å². The molecule has 0 saturated heterocycles. The number of carbonyl (C=O) groups is 2. The predicted molar refractivity (Wildman–Crippen MR) is 76.2 cm³/mol. The second-order valence-corrected chi connectivity index (χ2v) is 4.48. The zero-order valence-corrected chi connectivity index (χ0v) is 12.3. The lowest BCUT2D eigenvalue weighted by atomic mass is 10.2. The van der Waals surface area contributed by atoms with Crippen LogP contribution in [-0.4, -0.2) is 30.0 Å². The number of ether oxygens (including phenoxy) is 1. The fourth-order valence-corrected chi connectivity index (χ4v) is 1.91. The van der Waals surface area contributed by atoms with Gasteiger partial charge >= 0.3 is 5.97 Å². The van der Waals surface area contributed by atoms with E-state index in [1.807, 2.05) is 0 Å². The lowest BCUT2D eigenvalue weighted by Crippen LogP contribution is -2.37. The molecule has 8 heteroatoms. The van der Waals surface area contributed by atoms with Gasteiger partial charge in [0.25, 0.3) is 5.91 Å². The largest absolute Gasteiger partial charge is 0.465 e. The molecule has 0 N–H and O–H groups in total. The summed E-state index contributed by atoms with van der Waals surface area (Å²) in [6.07, 6.45) is 2.19. The van der Waals surface area contributed by atoms with E-state index in [-0.39, 0.29) is 29.8 Å². The summed E-state index contributed by atoms with van der Waals surface area (Å²) in [6.45, 7) is 1.43. The molecule has 0 atom stereocenters. The highest BCUT2D eigenvalue weighted by Crippen LogP contribution is 2.21. The maximum atomic E-state index is 13.0. The third-order valence-corrected chi connectivity index (χ3v) is 2.97. The second-order valence-electron chi connectivity index (χ2n) is 4.14. The molecule has 1 amide bonds. The average Bonchev–Trinajstić information content (AvgIpc) is 2.92. The van der Waals surface area contributed by atoms with Crippen molar-refractivity contribution in [2.45, 2.75) is 6.92 Å². The van der Waals surface area contributed by atoms with Crippen LogP contribution in [0.25, 0.3) is 0 Å². The zero-order valence-electron chi connectivity index (χ0n) is 11.6. The average molecular weight is 327 g/mol. The van der Waals surface area contributed by atoms with Gasteiger partial charge in [-0.05, 0) is 36.7 Å². The number of furan rings is 1. The van der Waals surface area contributed by atoms with Crippen molar-refractivity contribution in [2.24, 2.45) is 0 Å². The van der Waals surface area contributed by atoms with Gasteiger partial charge in [0.1, 0.15) is 18.2 Å². The van der Waals surface area contributed by atoms with Gasteiger partial charge in [0, 0.05) is 0 Å². The molecule has 6 nitrogen and oxygen atoms in total. The van der Waals surface area contributed by atoms with Crippen molar-refractivity contribution in [3.8, 4) is 0 Å². The Balaban J connectivity index is 2.32. The van der Waals surface area contributed by atoms with Gasteiger partial charge in [0.05, 0.1) is 24.6 Å². The molecule has 0 saturated carbocycles. The summed E-state index contributed by atoms with van der Waals surface area (Å²) >= 11 is 5.78. The van der Waals surface area contributed by atoms with Crippen LogP contribution in [0.4, 0.5) is 10.2 Å². The van der Waals surface area contributed by atoms with Gasteiger partial charge in [-0.25, -0.2) is 9.37 Å². The van der Waals surface area contributed by atoms with E-state index < -0.39 is 17.7 Å². The van der Waals surface area contributed by atoms with Gasteiger partial charge in [0.2, 0.25) is 5.22 Å². The van der Waals surface area contributed by atoms with Crippen LogP contribution in [0.1, 0.15) is 17.3 Å². The minimum Gasteiger partial charge on any atom is -0.465 e. The molecular formula is C14H12ClFN2O4. The molecule has 2 aromatic heterocycles. The lowest BCUT2D eigenvalue weighted by Gasteiger charge is -2.20. The van der Waals surface area contributed by atoms with Crippen molar-refractivity contribution in [1.29, 1.82) is 0 Å². The summed E-state index contributed by atoms with van der Waals surface area (Å²) in [5, 5.41) is -0.110. The maximum Gasteiger partial charge on any atom is 0.326 e. The summed E-state index contributed by atoms with van der Waals surface area (Å²) < 4.78 is 22.7. The summed E-state index contributed by atoms with van der Waals surface area (Å²) in [5.41, 5.74) is 0.0668. The van der Waals surface area contributed by atoms with Gasteiger partial charge in [-0.1, -0.05) is 0 Å². The van der Waals surface area contributed by atoms with Crippen LogP contribution in [0.2, 0.25) is 5.22 Å². The van der Waals surface area contributed by atoms with E-state index in [4.69, 9.17) is 20.8 Å². The third-order valence-electron chi connectivity index (χ3n) is 2.67. The molecular weight excluding hydrogens is 315 g/mol. The molecule has 0 spiro atoms. The molecule has 2 heterocycles. The lowest BCUT2D eigenvalue weighted by molar-refractivity contribution is -0.141. The first-order valence-corrected chi connectivity index (χ1v) is 6.72. The normalized spacial score (nSPS) is 10.3. The number of esters is 1. The predicted octanol–water partition coefficient (Wildman–Crippen LogP) is 2.68. The number of nitrogens with zero attached hydrogens (tertiary/aromatic N) is 2. The Hall–Kier alpha value is -2.41.